The van der Waals surface area contributed by atoms with Crippen LogP contribution in [-0.4, -0.2) is 55.1 Å². The molecular weight excluding hydrogens is 533 g/mol. The summed E-state index contributed by atoms with van der Waals surface area (Å²) in [4.78, 5) is 28.0. The van der Waals surface area contributed by atoms with Crippen LogP contribution >= 0.6 is 23.2 Å². The number of halogens is 2. The molecule has 1 atom stereocenters. The second kappa shape index (κ2) is 12.3. The molecule has 0 aliphatic heterocycles. The zero-order valence-corrected chi connectivity index (χ0v) is 23.6. The quantitative estimate of drug-likeness (QED) is 0.371. The lowest BCUT2D eigenvalue weighted by Crippen LogP contribution is -2.52. The normalized spacial score (nSPS) is 12.6. The number of nitrogens with one attached hydrogen (secondary N) is 1. The summed E-state index contributed by atoms with van der Waals surface area (Å²) in [6, 6.07) is 16.3. The van der Waals surface area contributed by atoms with Gasteiger partial charge in [-0.05, 0) is 60.9 Å². The summed E-state index contributed by atoms with van der Waals surface area (Å²) in [5.41, 5.74) is 0.665. The maximum atomic E-state index is 13.6. The van der Waals surface area contributed by atoms with Crippen molar-refractivity contribution >= 4 is 55.8 Å². The Morgan fingerprint density at radius 1 is 0.946 bits per heavy atom. The second-order valence-electron chi connectivity index (χ2n) is 9.13. The molecule has 0 aliphatic carbocycles. The van der Waals surface area contributed by atoms with Gasteiger partial charge in [0.2, 0.25) is 21.8 Å². The zero-order chi connectivity index (χ0) is 27.3. The lowest BCUT2D eigenvalue weighted by atomic mass is 10.1. The first kappa shape index (κ1) is 28.9. The fourth-order valence-electron chi connectivity index (χ4n) is 4.01. The van der Waals surface area contributed by atoms with E-state index in [2.05, 4.69) is 5.32 Å². The minimum absolute atomic E-state index is 0.0591. The van der Waals surface area contributed by atoms with E-state index in [1.165, 1.54) is 18.0 Å². The van der Waals surface area contributed by atoms with Crippen molar-refractivity contribution in [2.75, 3.05) is 13.6 Å². The van der Waals surface area contributed by atoms with Crippen LogP contribution in [0.4, 0.5) is 0 Å². The summed E-state index contributed by atoms with van der Waals surface area (Å²) >= 11 is 12.2. The van der Waals surface area contributed by atoms with E-state index >= 15 is 0 Å². The summed E-state index contributed by atoms with van der Waals surface area (Å²) in [5, 5.41) is 5.23. The van der Waals surface area contributed by atoms with Gasteiger partial charge >= 0.3 is 0 Å². The Labute approximate surface area is 228 Å². The molecule has 7 nitrogen and oxygen atoms in total. The number of amides is 2. The van der Waals surface area contributed by atoms with Crippen LogP contribution < -0.4 is 5.32 Å². The van der Waals surface area contributed by atoms with Crippen LogP contribution in [0, 0.1) is 0 Å². The number of likely N-dealkylation sites (N-methyl/N-ethyl adjacent to an activating group) is 1. The number of hydrogen-bond acceptors (Lipinski definition) is 4. The molecule has 37 heavy (non-hydrogen) atoms. The number of hydrogen-bond donors (Lipinski definition) is 1. The Kier molecular flexibility index (Phi) is 9.58. The average molecular weight is 565 g/mol. The van der Waals surface area contributed by atoms with Crippen LogP contribution in [-0.2, 0) is 26.2 Å². The van der Waals surface area contributed by atoms with Gasteiger partial charge in [-0.15, -0.1) is 0 Å². The Bertz CT molecular complexity index is 1400. The van der Waals surface area contributed by atoms with Crippen LogP contribution in [0.1, 0.15) is 32.8 Å². The smallest absolute Gasteiger partial charge is 0.243 e. The van der Waals surface area contributed by atoms with Crippen molar-refractivity contribution in [1.82, 2.24) is 14.5 Å². The van der Waals surface area contributed by atoms with E-state index in [1.54, 1.807) is 37.3 Å². The van der Waals surface area contributed by atoms with Crippen LogP contribution in [0.5, 0.6) is 0 Å². The first-order chi connectivity index (χ1) is 17.4. The molecule has 0 fully saturated rings. The Hall–Kier alpha value is -2.65. The van der Waals surface area contributed by atoms with Crippen molar-refractivity contribution in [2.24, 2.45) is 0 Å². The van der Waals surface area contributed by atoms with Crippen molar-refractivity contribution in [3.8, 4) is 0 Å². The number of rotatable bonds is 10. The minimum Gasteiger partial charge on any atom is -0.352 e. The summed E-state index contributed by atoms with van der Waals surface area (Å²) in [5.74, 6) is -0.824. The van der Waals surface area contributed by atoms with Crippen LogP contribution in [0.3, 0.4) is 0 Å². The Balaban J connectivity index is 1.90. The number of fused-ring (bicyclic) bond motifs is 1. The van der Waals surface area contributed by atoms with Crippen molar-refractivity contribution in [3.05, 3.63) is 76.3 Å². The van der Waals surface area contributed by atoms with Crippen LogP contribution in [0.15, 0.2) is 65.6 Å². The van der Waals surface area contributed by atoms with Gasteiger partial charge in [-0.25, -0.2) is 8.42 Å². The number of sulfonamides is 1. The lowest BCUT2D eigenvalue weighted by Gasteiger charge is -2.32. The molecule has 2 amide bonds. The number of benzene rings is 3. The highest BCUT2D eigenvalue weighted by atomic mass is 35.5. The van der Waals surface area contributed by atoms with Gasteiger partial charge in [0.05, 0.1) is 21.5 Å². The van der Waals surface area contributed by atoms with Gasteiger partial charge in [0.15, 0.2) is 0 Å². The Morgan fingerprint density at radius 2 is 1.62 bits per heavy atom. The maximum Gasteiger partial charge on any atom is 0.243 e. The molecule has 0 aromatic heterocycles. The maximum absolute atomic E-state index is 13.6. The van der Waals surface area contributed by atoms with E-state index in [-0.39, 0.29) is 23.4 Å². The molecular formula is C27H31Cl2N3O4S. The van der Waals surface area contributed by atoms with Crippen molar-refractivity contribution in [3.63, 3.8) is 0 Å². The molecule has 1 N–H and O–H groups in total. The lowest BCUT2D eigenvalue weighted by molar-refractivity contribution is -0.141. The predicted molar refractivity (Wildman–Crippen MR) is 148 cm³/mol. The Morgan fingerprint density at radius 3 is 2.24 bits per heavy atom. The zero-order valence-electron chi connectivity index (χ0n) is 21.2. The topological polar surface area (TPSA) is 86.8 Å². The summed E-state index contributed by atoms with van der Waals surface area (Å²) in [6.07, 6.45) is 0.340. The van der Waals surface area contributed by atoms with Gasteiger partial charge in [-0.3, -0.25) is 9.59 Å². The number of nitrogens with zero attached hydrogens (tertiary/aromatic N) is 2. The molecule has 0 aliphatic rings. The highest BCUT2D eigenvalue weighted by Gasteiger charge is 2.32. The van der Waals surface area contributed by atoms with Gasteiger partial charge in [-0.1, -0.05) is 66.5 Å². The van der Waals surface area contributed by atoms with E-state index in [9.17, 15) is 18.0 Å². The predicted octanol–water partition coefficient (Wildman–Crippen LogP) is 5.10. The van der Waals surface area contributed by atoms with Crippen molar-refractivity contribution in [2.45, 2.75) is 50.7 Å². The van der Waals surface area contributed by atoms with Gasteiger partial charge in [0.25, 0.3) is 0 Å². The van der Waals surface area contributed by atoms with Gasteiger partial charge in [0.1, 0.15) is 6.04 Å². The molecule has 10 heteroatoms. The van der Waals surface area contributed by atoms with Crippen LogP contribution in [0.2, 0.25) is 10.0 Å². The standard InChI is InChI=1S/C27H31Cl2N3O4S/c1-5-25(27(34)30-18(2)3)32(16-19-10-13-23(28)24(29)14-19)26(33)17-31(4)37(35,36)22-12-11-20-8-6-7-9-21(20)15-22/h6-15,18,25H,5,16-17H2,1-4H3,(H,30,34)/t25-/m0/s1. The van der Waals surface area contributed by atoms with E-state index in [4.69, 9.17) is 23.2 Å². The molecule has 3 aromatic rings. The van der Waals surface area contributed by atoms with Gasteiger partial charge in [-0.2, -0.15) is 4.31 Å². The second-order valence-corrected chi connectivity index (χ2v) is 12.0. The largest absolute Gasteiger partial charge is 0.352 e. The third-order valence-corrected chi connectivity index (χ3v) is 8.48. The van der Waals surface area contributed by atoms with Crippen LogP contribution in [0.25, 0.3) is 10.8 Å². The van der Waals surface area contributed by atoms with Gasteiger partial charge in [0, 0.05) is 19.6 Å². The fraction of sp³-hybridized carbons (Fsp3) is 0.333. The highest BCUT2D eigenvalue weighted by molar-refractivity contribution is 7.89. The molecule has 3 rings (SSSR count). The molecule has 0 unspecified atom stereocenters. The number of carbonyl (C=O) groups is 2. The molecule has 198 valence electrons. The first-order valence-corrected chi connectivity index (χ1v) is 14.1. The van der Waals surface area contributed by atoms with E-state index in [0.29, 0.717) is 22.0 Å². The monoisotopic (exact) mass is 563 g/mol. The number of carbonyl (C=O) groups excluding carboxylic acids is 2. The van der Waals surface area contributed by atoms with Crippen molar-refractivity contribution in [1.29, 1.82) is 0 Å². The third kappa shape index (κ3) is 7.02. The van der Waals surface area contributed by atoms with Crippen molar-refractivity contribution < 1.29 is 18.0 Å². The summed E-state index contributed by atoms with van der Waals surface area (Å²) in [7, 11) is -2.61. The molecule has 0 saturated heterocycles. The SMILES string of the molecule is CC[C@@H](C(=O)NC(C)C)N(Cc1ccc(Cl)c(Cl)c1)C(=O)CN(C)S(=O)(=O)c1ccc2ccccc2c1. The minimum atomic E-state index is -3.97. The highest BCUT2D eigenvalue weighted by Crippen LogP contribution is 2.25. The van der Waals surface area contributed by atoms with E-state index < -0.39 is 28.5 Å². The molecule has 0 bridgehead atoms. The molecule has 0 spiro atoms. The molecule has 0 saturated carbocycles. The first-order valence-electron chi connectivity index (χ1n) is 11.9. The third-order valence-electron chi connectivity index (χ3n) is 5.94. The fourth-order valence-corrected chi connectivity index (χ4v) is 5.49. The molecule has 3 aromatic carbocycles. The van der Waals surface area contributed by atoms with Gasteiger partial charge < -0.3 is 10.2 Å². The molecule has 0 heterocycles. The summed E-state index contributed by atoms with van der Waals surface area (Å²) in [6.45, 7) is 5.08. The average Bonchev–Trinajstić information content (AvgIpc) is 2.85. The molecule has 0 radical (unpaired) electrons. The van der Waals surface area contributed by atoms with E-state index in [1.807, 2.05) is 38.1 Å². The summed E-state index contributed by atoms with van der Waals surface area (Å²) < 4.78 is 27.7. The van der Waals surface area contributed by atoms with E-state index in [0.717, 1.165) is 15.1 Å².